The topological polar surface area (TPSA) is 52.0 Å². The standard InChI is InChI=1S/C29H28N4O/c1-20-8-7-9-22(16-20)18-30-28-26-17-27(24-12-14-25(34-3)15-13-24)33(29(26)32-19-31-28)21(2)23-10-5-4-6-11-23/h4-17,19,21H,18H2,1-3H3,(H,30,31,32). The molecular formula is C29H28N4O. The van der Waals surface area contributed by atoms with E-state index in [1.54, 1.807) is 13.4 Å². The summed E-state index contributed by atoms with van der Waals surface area (Å²) in [6.45, 7) is 5.02. The molecular weight excluding hydrogens is 420 g/mol. The molecule has 0 aliphatic carbocycles. The average molecular weight is 449 g/mol. The molecule has 0 saturated heterocycles. The summed E-state index contributed by atoms with van der Waals surface area (Å²) in [7, 11) is 1.69. The summed E-state index contributed by atoms with van der Waals surface area (Å²) in [6, 6.07) is 29.5. The van der Waals surface area contributed by atoms with E-state index in [2.05, 4.69) is 95.4 Å². The van der Waals surface area contributed by atoms with Crippen LogP contribution in [0.1, 0.15) is 29.7 Å². The Morgan fingerprint density at radius 2 is 1.71 bits per heavy atom. The number of methoxy groups -OCH3 is 1. The maximum atomic E-state index is 5.37. The first-order valence-corrected chi connectivity index (χ1v) is 11.5. The third-order valence-corrected chi connectivity index (χ3v) is 6.23. The van der Waals surface area contributed by atoms with Crippen LogP contribution in [-0.2, 0) is 6.54 Å². The predicted octanol–water partition coefficient (Wildman–Crippen LogP) is 6.64. The Kier molecular flexibility index (Phi) is 6.00. The van der Waals surface area contributed by atoms with Crippen LogP contribution in [0.2, 0.25) is 0 Å². The quantitative estimate of drug-likeness (QED) is 0.303. The summed E-state index contributed by atoms with van der Waals surface area (Å²) in [5, 5.41) is 4.54. The second-order valence-electron chi connectivity index (χ2n) is 8.52. The van der Waals surface area contributed by atoms with E-state index in [1.807, 2.05) is 18.2 Å². The van der Waals surface area contributed by atoms with Gasteiger partial charge in [0.2, 0.25) is 0 Å². The van der Waals surface area contributed by atoms with Crippen LogP contribution in [-0.4, -0.2) is 21.6 Å². The van der Waals surface area contributed by atoms with Gasteiger partial charge in [0, 0.05) is 6.54 Å². The van der Waals surface area contributed by atoms with Crippen molar-refractivity contribution in [1.29, 1.82) is 0 Å². The lowest BCUT2D eigenvalue weighted by Gasteiger charge is -2.19. The molecule has 5 rings (SSSR count). The number of nitrogens with zero attached hydrogens (tertiary/aromatic N) is 3. The second kappa shape index (κ2) is 9.40. The Labute approximate surface area is 200 Å². The van der Waals surface area contributed by atoms with Crippen molar-refractivity contribution in [3.05, 3.63) is 108 Å². The number of ether oxygens (including phenoxy) is 1. The Morgan fingerprint density at radius 3 is 2.44 bits per heavy atom. The zero-order valence-corrected chi connectivity index (χ0v) is 19.7. The van der Waals surface area contributed by atoms with Crippen molar-refractivity contribution in [2.75, 3.05) is 12.4 Å². The molecule has 0 bridgehead atoms. The number of nitrogens with one attached hydrogen (secondary N) is 1. The van der Waals surface area contributed by atoms with Crippen molar-refractivity contribution in [2.45, 2.75) is 26.4 Å². The monoisotopic (exact) mass is 448 g/mol. The third kappa shape index (κ3) is 4.25. The molecule has 0 saturated carbocycles. The van der Waals surface area contributed by atoms with Gasteiger partial charge in [-0.1, -0.05) is 60.2 Å². The molecule has 0 amide bonds. The molecule has 1 N–H and O–H groups in total. The number of anilines is 1. The van der Waals surface area contributed by atoms with Crippen molar-refractivity contribution < 1.29 is 4.74 Å². The van der Waals surface area contributed by atoms with E-state index >= 15 is 0 Å². The number of aromatic nitrogens is 3. The lowest BCUT2D eigenvalue weighted by molar-refractivity contribution is 0.415. The van der Waals surface area contributed by atoms with Gasteiger partial charge in [-0.2, -0.15) is 0 Å². The van der Waals surface area contributed by atoms with E-state index in [0.29, 0.717) is 6.54 Å². The largest absolute Gasteiger partial charge is 0.497 e. The summed E-state index contributed by atoms with van der Waals surface area (Å²) in [6.07, 6.45) is 1.65. The zero-order chi connectivity index (χ0) is 23.5. The van der Waals surface area contributed by atoms with E-state index < -0.39 is 0 Å². The van der Waals surface area contributed by atoms with Crippen molar-refractivity contribution in [3.63, 3.8) is 0 Å². The highest BCUT2D eigenvalue weighted by atomic mass is 16.5. The normalized spacial score (nSPS) is 12.0. The number of hydrogen-bond acceptors (Lipinski definition) is 4. The van der Waals surface area contributed by atoms with Crippen LogP contribution in [0.5, 0.6) is 5.75 Å². The highest BCUT2D eigenvalue weighted by molar-refractivity contribution is 5.92. The molecule has 2 heterocycles. The fourth-order valence-electron chi connectivity index (χ4n) is 4.44. The SMILES string of the molecule is COc1ccc(-c2cc3c(NCc4cccc(C)c4)ncnc3n2C(C)c2ccccc2)cc1. The summed E-state index contributed by atoms with van der Waals surface area (Å²) < 4.78 is 7.67. The minimum atomic E-state index is 0.0929. The van der Waals surface area contributed by atoms with Gasteiger partial charge in [-0.15, -0.1) is 0 Å². The Bertz CT molecular complexity index is 1410. The number of hydrogen-bond donors (Lipinski definition) is 1. The lowest BCUT2D eigenvalue weighted by Crippen LogP contribution is -2.09. The molecule has 0 radical (unpaired) electrons. The third-order valence-electron chi connectivity index (χ3n) is 6.23. The first kappa shape index (κ1) is 21.7. The summed E-state index contributed by atoms with van der Waals surface area (Å²) in [4.78, 5) is 9.32. The molecule has 34 heavy (non-hydrogen) atoms. The second-order valence-corrected chi connectivity index (χ2v) is 8.52. The molecule has 5 nitrogen and oxygen atoms in total. The van der Waals surface area contributed by atoms with Crippen molar-refractivity contribution in [1.82, 2.24) is 14.5 Å². The van der Waals surface area contributed by atoms with E-state index in [9.17, 15) is 0 Å². The molecule has 3 aromatic carbocycles. The molecule has 0 fully saturated rings. The Hall–Kier alpha value is -4.12. The molecule has 1 atom stereocenters. The highest BCUT2D eigenvalue weighted by Gasteiger charge is 2.20. The van der Waals surface area contributed by atoms with E-state index in [4.69, 9.17) is 9.72 Å². The number of fused-ring (bicyclic) bond motifs is 1. The number of rotatable bonds is 7. The van der Waals surface area contributed by atoms with Crippen LogP contribution >= 0.6 is 0 Å². The van der Waals surface area contributed by atoms with Gasteiger partial charge >= 0.3 is 0 Å². The maximum Gasteiger partial charge on any atom is 0.146 e. The minimum Gasteiger partial charge on any atom is -0.497 e. The van der Waals surface area contributed by atoms with Gasteiger partial charge in [-0.05, 0) is 60.9 Å². The van der Waals surface area contributed by atoms with Gasteiger partial charge in [0.15, 0.2) is 0 Å². The van der Waals surface area contributed by atoms with E-state index in [1.165, 1.54) is 16.7 Å². The van der Waals surface area contributed by atoms with Crippen molar-refractivity contribution in [3.8, 4) is 17.0 Å². The molecule has 5 heteroatoms. The fraction of sp³-hybridized carbons (Fsp3) is 0.172. The molecule has 1 unspecified atom stereocenters. The van der Waals surface area contributed by atoms with Crippen LogP contribution < -0.4 is 10.1 Å². The maximum absolute atomic E-state index is 5.37. The molecule has 0 aliphatic heterocycles. The molecule has 170 valence electrons. The van der Waals surface area contributed by atoms with E-state index in [0.717, 1.165) is 33.9 Å². The smallest absolute Gasteiger partial charge is 0.146 e. The molecule has 0 spiro atoms. The van der Waals surface area contributed by atoms with Crippen molar-refractivity contribution in [2.24, 2.45) is 0 Å². The van der Waals surface area contributed by atoms with Gasteiger partial charge in [0.25, 0.3) is 0 Å². The van der Waals surface area contributed by atoms with Gasteiger partial charge in [-0.3, -0.25) is 0 Å². The van der Waals surface area contributed by atoms with Crippen molar-refractivity contribution >= 4 is 16.9 Å². The predicted molar refractivity (Wildman–Crippen MR) is 138 cm³/mol. The lowest BCUT2D eigenvalue weighted by atomic mass is 10.1. The Morgan fingerprint density at radius 1 is 0.912 bits per heavy atom. The van der Waals surface area contributed by atoms with Crippen LogP contribution in [0.4, 0.5) is 5.82 Å². The first-order chi connectivity index (χ1) is 16.6. The average Bonchev–Trinajstić information content (AvgIpc) is 3.28. The fourth-order valence-corrected chi connectivity index (χ4v) is 4.44. The zero-order valence-electron chi connectivity index (χ0n) is 19.7. The number of aryl methyl sites for hydroxylation is 1. The van der Waals surface area contributed by atoms with Crippen LogP contribution in [0.25, 0.3) is 22.3 Å². The van der Waals surface area contributed by atoms with Crippen LogP contribution in [0, 0.1) is 6.92 Å². The summed E-state index contributed by atoms with van der Waals surface area (Å²) >= 11 is 0. The van der Waals surface area contributed by atoms with Gasteiger partial charge in [0.05, 0.1) is 24.2 Å². The molecule has 0 aliphatic rings. The molecule has 2 aromatic heterocycles. The van der Waals surface area contributed by atoms with Crippen LogP contribution in [0.3, 0.4) is 0 Å². The summed E-state index contributed by atoms with van der Waals surface area (Å²) in [5.74, 6) is 1.67. The number of benzene rings is 3. The van der Waals surface area contributed by atoms with Crippen LogP contribution in [0.15, 0.2) is 91.3 Å². The summed E-state index contributed by atoms with van der Waals surface area (Å²) in [5.41, 5.74) is 6.79. The van der Waals surface area contributed by atoms with E-state index in [-0.39, 0.29) is 6.04 Å². The first-order valence-electron chi connectivity index (χ1n) is 11.5. The Balaban J connectivity index is 1.62. The van der Waals surface area contributed by atoms with Gasteiger partial charge in [0.1, 0.15) is 23.5 Å². The minimum absolute atomic E-state index is 0.0929. The highest BCUT2D eigenvalue weighted by Crippen LogP contribution is 2.36. The molecule has 5 aromatic rings. The van der Waals surface area contributed by atoms with Gasteiger partial charge < -0.3 is 14.6 Å². The van der Waals surface area contributed by atoms with Gasteiger partial charge in [-0.25, -0.2) is 9.97 Å².